The quantitative estimate of drug-likeness (QED) is 0.730. The molecule has 0 bridgehead atoms. The first-order valence-corrected chi connectivity index (χ1v) is 9.51. The molecular weight excluding hydrogens is 326 g/mol. The zero-order chi connectivity index (χ0) is 18.2. The van der Waals surface area contributed by atoms with Gasteiger partial charge in [-0.15, -0.1) is 0 Å². The van der Waals surface area contributed by atoms with Crippen molar-refractivity contribution in [3.8, 4) is 11.5 Å². The van der Waals surface area contributed by atoms with Crippen molar-refractivity contribution in [2.45, 2.75) is 45.9 Å². The van der Waals surface area contributed by atoms with Gasteiger partial charge in [-0.3, -0.25) is 0 Å². The Hall–Kier alpha value is -2.04. The molecule has 0 spiro atoms. The molecule has 1 saturated heterocycles. The van der Waals surface area contributed by atoms with E-state index >= 15 is 0 Å². The third-order valence-electron chi connectivity index (χ3n) is 4.68. The Morgan fingerprint density at radius 2 is 2.00 bits per heavy atom. The van der Waals surface area contributed by atoms with Crippen molar-refractivity contribution in [3.63, 3.8) is 0 Å². The number of hydrogen-bond donors (Lipinski definition) is 1. The van der Waals surface area contributed by atoms with Crippen LogP contribution >= 0.6 is 0 Å². The van der Waals surface area contributed by atoms with Crippen LogP contribution in [0.4, 0.5) is 0 Å². The summed E-state index contributed by atoms with van der Waals surface area (Å²) in [7, 11) is 0. The van der Waals surface area contributed by atoms with Crippen molar-refractivity contribution in [1.29, 1.82) is 0 Å². The van der Waals surface area contributed by atoms with Gasteiger partial charge in [0.2, 0.25) is 0 Å². The van der Waals surface area contributed by atoms with Crippen LogP contribution in [0.5, 0.6) is 11.5 Å². The number of benzene rings is 2. The fourth-order valence-electron chi connectivity index (χ4n) is 3.16. The highest BCUT2D eigenvalue weighted by molar-refractivity contribution is 5.43. The molecule has 1 aliphatic heterocycles. The van der Waals surface area contributed by atoms with Gasteiger partial charge in [0, 0.05) is 19.7 Å². The van der Waals surface area contributed by atoms with Gasteiger partial charge < -0.3 is 19.5 Å². The second kappa shape index (κ2) is 9.60. The van der Waals surface area contributed by atoms with E-state index in [0.29, 0.717) is 19.3 Å². The van der Waals surface area contributed by atoms with E-state index in [2.05, 4.69) is 36.5 Å². The van der Waals surface area contributed by atoms with Gasteiger partial charge in [-0.25, -0.2) is 0 Å². The number of ether oxygens (including phenoxy) is 3. The molecule has 140 valence electrons. The molecule has 0 radical (unpaired) electrons. The van der Waals surface area contributed by atoms with E-state index in [1.165, 1.54) is 23.1 Å². The zero-order valence-electron chi connectivity index (χ0n) is 15.8. The molecule has 1 N–H and O–H groups in total. The topological polar surface area (TPSA) is 39.7 Å². The van der Waals surface area contributed by atoms with E-state index in [4.69, 9.17) is 14.2 Å². The molecule has 0 amide bonds. The third kappa shape index (κ3) is 5.23. The maximum atomic E-state index is 6.03. The van der Waals surface area contributed by atoms with E-state index in [-0.39, 0.29) is 0 Å². The van der Waals surface area contributed by atoms with Crippen molar-refractivity contribution in [1.82, 2.24) is 5.32 Å². The van der Waals surface area contributed by atoms with E-state index in [1.54, 1.807) is 0 Å². The van der Waals surface area contributed by atoms with E-state index < -0.39 is 0 Å². The van der Waals surface area contributed by atoms with Gasteiger partial charge >= 0.3 is 0 Å². The molecule has 1 aliphatic rings. The molecule has 4 heteroatoms. The second-order valence-corrected chi connectivity index (χ2v) is 6.70. The van der Waals surface area contributed by atoms with Crippen LogP contribution < -0.4 is 14.8 Å². The first kappa shape index (κ1) is 18.7. The summed E-state index contributed by atoms with van der Waals surface area (Å²) in [5.74, 6) is 1.59. The summed E-state index contributed by atoms with van der Waals surface area (Å²) >= 11 is 0. The predicted molar refractivity (Wildman–Crippen MR) is 104 cm³/mol. The molecule has 0 aromatic heterocycles. The van der Waals surface area contributed by atoms with Crippen LogP contribution in [-0.4, -0.2) is 25.9 Å². The number of rotatable bonds is 9. The maximum absolute atomic E-state index is 6.03. The Kier molecular flexibility index (Phi) is 6.92. The molecule has 1 unspecified atom stereocenters. The Bertz CT molecular complexity index is 696. The Morgan fingerprint density at radius 1 is 1.12 bits per heavy atom. The van der Waals surface area contributed by atoms with Gasteiger partial charge in [-0.2, -0.15) is 0 Å². The Balaban J connectivity index is 1.59. The number of hydrogen-bond acceptors (Lipinski definition) is 4. The average Bonchev–Trinajstić information content (AvgIpc) is 3.16. The summed E-state index contributed by atoms with van der Waals surface area (Å²) in [5.41, 5.74) is 3.62. The van der Waals surface area contributed by atoms with Crippen molar-refractivity contribution < 1.29 is 14.2 Å². The molecule has 0 aliphatic carbocycles. The minimum absolute atomic E-state index is 0.359. The zero-order valence-corrected chi connectivity index (χ0v) is 15.8. The van der Waals surface area contributed by atoms with Crippen molar-refractivity contribution in [2.24, 2.45) is 0 Å². The van der Waals surface area contributed by atoms with Crippen LogP contribution in [0.1, 0.15) is 36.5 Å². The van der Waals surface area contributed by atoms with Crippen LogP contribution in [-0.2, 0) is 17.9 Å². The normalized spacial score (nSPS) is 16.6. The SMILES string of the molecule is CCOc1cc(CNCC2CCCO2)ccc1OCc1ccccc1C. The van der Waals surface area contributed by atoms with Crippen LogP contribution in [0.15, 0.2) is 42.5 Å². The molecular formula is C22H29NO3. The summed E-state index contributed by atoms with van der Waals surface area (Å²) in [5, 5.41) is 3.48. The summed E-state index contributed by atoms with van der Waals surface area (Å²) in [6.07, 6.45) is 2.69. The van der Waals surface area contributed by atoms with Crippen LogP contribution in [0, 0.1) is 6.92 Å². The lowest BCUT2D eigenvalue weighted by molar-refractivity contribution is 0.110. The highest BCUT2D eigenvalue weighted by Gasteiger charge is 2.14. The first-order valence-electron chi connectivity index (χ1n) is 9.51. The van der Waals surface area contributed by atoms with Crippen molar-refractivity contribution in [3.05, 3.63) is 59.2 Å². The van der Waals surface area contributed by atoms with Gasteiger partial charge in [0.1, 0.15) is 6.61 Å². The maximum Gasteiger partial charge on any atom is 0.161 e. The minimum atomic E-state index is 0.359. The lowest BCUT2D eigenvalue weighted by Crippen LogP contribution is -2.25. The van der Waals surface area contributed by atoms with Crippen molar-refractivity contribution in [2.75, 3.05) is 19.8 Å². The van der Waals surface area contributed by atoms with Crippen LogP contribution in [0.2, 0.25) is 0 Å². The monoisotopic (exact) mass is 355 g/mol. The van der Waals surface area contributed by atoms with Gasteiger partial charge in [0.05, 0.1) is 12.7 Å². The average molecular weight is 355 g/mol. The van der Waals surface area contributed by atoms with E-state index in [0.717, 1.165) is 37.6 Å². The fourth-order valence-corrected chi connectivity index (χ4v) is 3.16. The summed E-state index contributed by atoms with van der Waals surface area (Å²) in [6.45, 7) is 7.86. The fraction of sp³-hybridized carbons (Fsp3) is 0.455. The molecule has 2 aromatic carbocycles. The summed E-state index contributed by atoms with van der Waals surface area (Å²) in [6, 6.07) is 14.5. The molecule has 3 rings (SSSR count). The molecule has 0 saturated carbocycles. The third-order valence-corrected chi connectivity index (χ3v) is 4.68. The smallest absolute Gasteiger partial charge is 0.161 e. The van der Waals surface area contributed by atoms with Gasteiger partial charge in [-0.1, -0.05) is 30.3 Å². The van der Waals surface area contributed by atoms with Gasteiger partial charge in [0.25, 0.3) is 0 Å². The van der Waals surface area contributed by atoms with Gasteiger partial charge in [-0.05, 0) is 55.5 Å². The molecule has 2 aromatic rings. The van der Waals surface area contributed by atoms with Crippen molar-refractivity contribution >= 4 is 0 Å². The number of aryl methyl sites for hydroxylation is 1. The Labute approximate surface area is 156 Å². The van der Waals surface area contributed by atoms with E-state index in [1.807, 2.05) is 25.1 Å². The van der Waals surface area contributed by atoms with Crippen LogP contribution in [0.25, 0.3) is 0 Å². The summed E-state index contributed by atoms with van der Waals surface area (Å²) in [4.78, 5) is 0. The largest absolute Gasteiger partial charge is 0.490 e. The van der Waals surface area contributed by atoms with Gasteiger partial charge in [0.15, 0.2) is 11.5 Å². The summed E-state index contributed by atoms with van der Waals surface area (Å²) < 4.78 is 17.5. The minimum Gasteiger partial charge on any atom is -0.490 e. The Morgan fingerprint density at radius 3 is 2.77 bits per heavy atom. The second-order valence-electron chi connectivity index (χ2n) is 6.70. The highest BCUT2D eigenvalue weighted by atomic mass is 16.5. The number of nitrogens with one attached hydrogen (secondary N) is 1. The molecule has 1 fully saturated rings. The highest BCUT2D eigenvalue weighted by Crippen LogP contribution is 2.29. The lowest BCUT2D eigenvalue weighted by atomic mass is 10.1. The lowest BCUT2D eigenvalue weighted by Gasteiger charge is -2.15. The first-order chi connectivity index (χ1) is 12.8. The molecule has 1 atom stereocenters. The van der Waals surface area contributed by atoms with Crippen LogP contribution in [0.3, 0.4) is 0 Å². The molecule has 4 nitrogen and oxygen atoms in total. The molecule has 26 heavy (non-hydrogen) atoms. The molecule has 1 heterocycles. The predicted octanol–water partition coefficient (Wildman–Crippen LogP) is 4.24. The standard InChI is InChI=1S/C22H29NO3/c1-3-24-22-13-18(14-23-15-20-9-6-12-25-20)10-11-21(22)26-16-19-8-5-4-7-17(19)2/h4-5,7-8,10-11,13,20,23H,3,6,9,12,14-16H2,1-2H3. The van der Waals surface area contributed by atoms with E-state index in [9.17, 15) is 0 Å².